The van der Waals surface area contributed by atoms with Crippen molar-refractivity contribution < 1.29 is 22.3 Å². The molecule has 0 radical (unpaired) electrons. The second-order valence-corrected chi connectivity index (χ2v) is 7.10. The van der Waals surface area contributed by atoms with Gasteiger partial charge in [-0.15, -0.1) is 13.2 Å². The van der Waals surface area contributed by atoms with Gasteiger partial charge in [0, 0.05) is 39.0 Å². The Labute approximate surface area is 183 Å². The summed E-state index contributed by atoms with van der Waals surface area (Å²) in [4.78, 5) is 0. The zero-order chi connectivity index (χ0) is 23.5. The average Bonchev–Trinajstić information content (AvgIpc) is 3.01. The Kier molecular flexibility index (Phi) is 6.67. The van der Waals surface area contributed by atoms with Gasteiger partial charge in [0.15, 0.2) is 0 Å². The highest BCUT2D eigenvalue weighted by Gasteiger charge is 2.31. The van der Waals surface area contributed by atoms with Crippen molar-refractivity contribution >= 4 is 28.3 Å². The van der Waals surface area contributed by atoms with Gasteiger partial charge in [0.25, 0.3) is 0 Å². The van der Waals surface area contributed by atoms with E-state index >= 15 is 0 Å². The Morgan fingerprint density at radius 3 is 2.50 bits per heavy atom. The van der Waals surface area contributed by atoms with Gasteiger partial charge in [-0.2, -0.15) is 0 Å². The molecule has 2 aromatic carbocycles. The first kappa shape index (κ1) is 23.1. The summed E-state index contributed by atoms with van der Waals surface area (Å²) in [5.41, 5.74) is 2.82. The molecule has 32 heavy (non-hydrogen) atoms. The third-order valence-corrected chi connectivity index (χ3v) is 4.92. The molecule has 3 nitrogen and oxygen atoms in total. The molecule has 166 valence electrons. The van der Waals surface area contributed by atoms with Crippen molar-refractivity contribution in [2.24, 2.45) is 0 Å². The lowest BCUT2D eigenvalue weighted by Crippen LogP contribution is -2.17. The molecular formula is C25H22F4N2O. The molecule has 0 atom stereocenters. The summed E-state index contributed by atoms with van der Waals surface area (Å²) < 4.78 is 58.8. The summed E-state index contributed by atoms with van der Waals surface area (Å²) in [6.07, 6.45) is 1.97. The van der Waals surface area contributed by atoms with Gasteiger partial charge < -0.3 is 14.7 Å². The van der Waals surface area contributed by atoms with E-state index in [4.69, 9.17) is 5.41 Å². The summed E-state index contributed by atoms with van der Waals surface area (Å²) >= 11 is 0. The van der Waals surface area contributed by atoms with E-state index in [0.29, 0.717) is 33.3 Å². The Hall–Kier alpha value is -3.61. The maximum Gasteiger partial charge on any atom is 0.573 e. The van der Waals surface area contributed by atoms with Gasteiger partial charge in [0.2, 0.25) is 0 Å². The topological polar surface area (TPSA) is 38.0 Å². The normalized spacial score (nSPS) is 12.5. The van der Waals surface area contributed by atoms with E-state index in [-0.39, 0.29) is 18.0 Å². The minimum absolute atomic E-state index is 0.137. The predicted molar refractivity (Wildman–Crippen MR) is 120 cm³/mol. The highest BCUT2D eigenvalue weighted by molar-refractivity contribution is 6.25. The van der Waals surface area contributed by atoms with Crippen molar-refractivity contribution in [3.8, 4) is 5.75 Å². The van der Waals surface area contributed by atoms with Crippen LogP contribution >= 0.6 is 0 Å². The fourth-order valence-electron chi connectivity index (χ4n) is 3.60. The van der Waals surface area contributed by atoms with Crippen molar-refractivity contribution in [2.75, 3.05) is 0 Å². The molecule has 1 aromatic heterocycles. The molecule has 0 saturated heterocycles. The van der Waals surface area contributed by atoms with E-state index in [9.17, 15) is 17.6 Å². The number of aromatic nitrogens is 1. The van der Waals surface area contributed by atoms with E-state index in [0.717, 1.165) is 0 Å². The van der Waals surface area contributed by atoms with E-state index in [1.54, 1.807) is 54.0 Å². The molecule has 3 aromatic rings. The first-order valence-electron chi connectivity index (χ1n) is 9.83. The van der Waals surface area contributed by atoms with Gasteiger partial charge in [0.05, 0.1) is 6.54 Å². The van der Waals surface area contributed by atoms with Crippen LogP contribution in [0.25, 0.3) is 22.6 Å². The van der Waals surface area contributed by atoms with Crippen LogP contribution in [0.5, 0.6) is 5.75 Å². The number of nitrogens with one attached hydrogen (secondary N) is 1. The second-order valence-electron chi connectivity index (χ2n) is 7.10. The average molecular weight is 442 g/mol. The number of hydrogen-bond donors (Lipinski definition) is 1. The summed E-state index contributed by atoms with van der Waals surface area (Å²) in [5, 5.41) is 8.70. The monoisotopic (exact) mass is 442 g/mol. The molecule has 0 fully saturated rings. The maximum absolute atomic E-state index is 14.4. The summed E-state index contributed by atoms with van der Waals surface area (Å²) in [5.74, 6) is -0.770. The van der Waals surface area contributed by atoms with Crippen LogP contribution in [0.4, 0.5) is 17.6 Å². The minimum Gasteiger partial charge on any atom is -0.406 e. The number of nitrogens with zero attached hydrogens (tertiary/aromatic N) is 1. The van der Waals surface area contributed by atoms with Crippen LogP contribution in [-0.4, -0.2) is 16.6 Å². The molecule has 0 amide bonds. The van der Waals surface area contributed by atoms with Crippen LogP contribution < -0.4 is 4.74 Å². The molecule has 0 aliphatic rings. The number of hydrogen-bond acceptors (Lipinski definition) is 2. The lowest BCUT2D eigenvalue weighted by molar-refractivity contribution is -0.274. The van der Waals surface area contributed by atoms with Crippen LogP contribution in [0.3, 0.4) is 0 Å². The Morgan fingerprint density at radius 2 is 1.91 bits per heavy atom. The number of benzene rings is 2. The number of halogens is 4. The van der Waals surface area contributed by atoms with Crippen molar-refractivity contribution in [1.29, 1.82) is 5.41 Å². The highest BCUT2D eigenvalue weighted by atomic mass is 19.4. The van der Waals surface area contributed by atoms with E-state index in [1.165, 1.54) is 24.3 Å². The summed E-state index contributed by atoms with van der Waals surface area (Å²) in [6, 6.07) is 10.3. The van der Waals surface area contributed by atoms with Crippen molar-refractivity contribution in [3.05, 3.63) is 89.9 Å². The van der Waals surface area contributed by atoms with Gasteiger partial charge in [-0.3, -0.25) is 0 Å². The van der Waals surface area contributed by atoms with E-state index in [2.05, 4.69) is 11.3 Å². The molecule has 0 saturated carbocycles. The standard InChI is InChI=1S/C25H22F4N2O/c1-4-6-10-19(16(3)30)24-20-14-18(32-25(27,28)29)12-13-23(20)31(22(24)5-2)15-17-9-7-8-11-21(17)26/h4-14,30H,2,15H2,1,3H3/b6-4-,19-10+,30-16?. The molecule has 0 spiro atoms. The largest absolute Gasteiger partial charge is 0.573 e. The fourth-order valence-corrected chi connectivity index (χ4v) is 3.60. The molecule has 0 unspecified atom stereocenters. The zero-order valence-electron chi connectivity index (χ0n) is 17.6. The second kappa shape index (κ2) is 9.26. The molecular weight excluding hydrogens is 420 g/mol. The molecule has 3 rings (SSSR count). The summed E-state index contributed by atoms with van der Waals surface area (Å²) in [7, 11) is 0. The van der Waals surface area contributed by atoms with Gasteiger partial charge in [-0.05, 0) is 44.2 Å². The summed E-state index contributed by atoms with van der Waals surface area (Å²) in [6.45, 7) is 7.42. The van der Waals surface area contributed by atoms with Crippen LogP contribution in [0, 0.1) is 11.2 Å². The quantitative estimate of drug-likeness (QED) is 0.232. The van der Waals surface area contributed by atoms with Crippen molar-refractivity contribution in [1.82, 2.24) is 4.57 Å². The molecule has 0 bridgehead atoms. The van der Waals surface area contributed by atoms with Gasteiger partial charge in [-0.1, -0.05) is 43.0 Å². The van der Waals surface area contributed by atoms with E-state index in [1.807, 2.05) is 6.92 Å². The van der Waals surface area contributed by atoms with Gasteiger partial charge >= 0.3 is 6.36 Å². The molecule has 1 N–H and O–H groups in total. The van der Waals surface area contributed by atoms with Gasteiger partial charge in [-0.25, -0.2) is 4.39 Å². The van der Waals surface area contributed by atoms with Crippen molar-refractivity contribution in [2.45, 2.75) is 26.8 Å². The molecule has 0 aliphatic heterocycles. The van der Waals surface area contributed by atoms with Crippen LogP contribution in [0.15, 0.2) is 67.3 Å². The van der Waals surface area contributed by atoms with Crippen LogP contribution in [0.2, 0.25) is 0 Å². The third kappa shape index (κ3) is 4.82. The highest BCUT2D eigenvalue weighted by Crippen LogP contribution is 2.37. The molecule has 0 aliphatic carbocycles. The van der Waals surface area contributed by atoms with Crippen molar-refractivity contribution in [3.63, 3.8) is 0 Å². The first-order valence-corrected chi connectivity index (χ1v) is 9.83. The SMILES string of the molecule is C=Cc1c(/C(=C/C=C\C)C(C)=N)c2cc(OC(F)(F)F)ccc2n1Cc1ccccc1F. The Bertz CT molecular complexity index is 1230. The third-order valence-electron chi connectivity index (χ3n) is 4.92. The zero-order valence-corrected chi connectivity index (χ0v) is 17.6. The molecule has 7 heteroatoms. The maximum atomic E-state index is 14.4. The smallest absolute Gasteiger partial charge is 0.406 e. The first-order chi connectivity index (χ1) is 15.2. The van der Waals surface area contributed by atoms with Crippen LogP contribution in [0.1, 0.15) is 30.7 Å². The minimum atomic E-state index is -4.84. The molecule has 1 heterocycles. The number of fused-ring (bicyclic) bond motifs is 1. The number of rotatable bonds is 7. The Morgan fingerprint density at radius 1 is 1.19 bits per heavy atom. The lowest BCUT2D eigenvalue weighted by atomic mass is 9.97. The number of allylic oxidation sites excluding steroid dienone is 4. The lowest BCUT2D eigenvalue weighted by Gasteiger charge is -2.11. The number of ether oxygens (including phenoxy) is 1. The Balaban J connectivity index is 2.35. The van der Waals surface area contributed by atoms with Crippen LogP contribution in [-0.2, 0) is 6.54 Å². The van der Waals surface area contributed by atoms with Gasteiger partial charge in [0.1, 0.15) is 11.6 Å². The van der Waals surface area contributed by atoms with E-state index < -0.39 is 12.2 Å². The predicted octanol–water partition coefficient (Wildman–Crippen LogP) is 7.37. The number of alkyl halides is 3. The fraction of sp³-hybridized carbons (Fsp3) is 0.160.